The fourth-order valence-corrected chi connectivity index (χ4v) is 3.15. The Morgan fingerprint density at radius 1 is 1.14 bits per heavy atom. The standard InChI is InChI=1S/C20H25FN4O3/c1-14(2)19-22-17(28-23-19)8-9-18(26)24-10-5-11-25(13-12-24)20(27)15-6-3-4-7-16(15)21/h3-4,6-7,14H,5,8-13H2,1-2H3. The van der Waals surface area contributed by atoms with E-state index in [1.54, 1.807) is 21.9 Å². The monoisotopic (exact) mass is 388 g/mol. The molecule has 8 heteroatoms. The highest BCUT2D eigenvalue weighted by molar-refractivity contribution is 5.94. The Labute approximate surface area is 163 Å². The van der Waals surface area contributed by atoms with Gasteiger partial charge in [-0.3, -0.25) is 9.59 Å². The van der Waals surface area contributed by atoms with Crippen LogP contribution in [0.4, 0.5) is 4.39 Å². The van der Waals surface area contributed by atoms with Crippen molar-refractivity contribution in [2.75, 3.05) is 26.2 Å². The summed E-state index contributed by atoms with van der Waals surface area (Å²) < 4.78 is 19.1. The highest BCUT2D eigenvalue weighted by atomic mass is 19.1. The molecule has 150 valence electrons. The van der Waals surface area contributed by atoms with Gasteiger partial charge < -0.3 is 14.3 Å². The van der Waals surface area contributed by atoms with Crippen LogP contribution in [0.1, 0.15) is 54.7 Å². The van der Waals surface area contributed by atoms with Gasteiger partial charge in [-0.1, -0.05) is 31.1 Å². The average molecular weight is 388 g/mol. The molecule has 2 heterocycles. The zero-order chi connectivity index (χ0) is 20.1. The van der Waals surface area contributed by atoms with Gasteiger partial charge >= 0.3 is 0 Å². The summed E-state index contributed by atoms with van der Waals surface area (Å²) in [5.41, 5.74) is 0.0691. The Morgan fingerprint density at radius 3 is 2.57 bits per heavy atom. The van der Waals surface area contributed by atoms with Crippen molar-refractivity contribution in [3.63, 3.8) is 0 Å². The van der Waals surface area contributed by atoms with Crippen LogP contribution < -0.4 is 0 Å². The summed E-state index contributed by atoms with van der Waals surface area (Å²) in [6.07, 6.45) is 1.33. The number of halogens is 1. The number of amides is 2. The van der Waals surface area contributed by atoms with Crippen LogP contribution >= 0.6 is 0 Å². The number of carbonyl (C=O) groups excluding carboxylic acids is 2. The number of aryl methyl sites for hydroxylation is 1. The zero-order valence-corrected chi connectivity index (χ0v) is 16.2. The first-order valence-corrected chi connectivity index (χ1v) is 9.59. The van der Waals surface area contributed by atoms with Crippen LogP contribution in [0, 0.1) is 5.82 Å². The van der Waals surface area contributed by atoms with Gasteiger partial charge in [-0.05, 0) is 18.6 Å². The van der Waals surface area contributed by atoms with Gasteiger partial charge in [0.2, 0.25) is 11.8 Å². The van der Waals surface area contributed by atoms with Gasteiger partial charge in [0.05, 0.1) is 5.56 Å². The zero-order valence-electron chi connectivity index (χ0n) is 16.2. The number of nitrogens with zero attached hydrogens (tertiary/aromatic N) is 4. The lowest BCUT2D eigenvalue weighted by molar-refractivity contribution is -0.131. The first kappa shape index (κ1) is 20.0. The van der Waals surface area contributed by atoms with Gasteiger partial charge in [-0.15, -0.1) is 0 Å². The second-order valence-electron chi connectivity index (χ2n) is 7.21. The van der Waals surface area contributed by atoms with Gasteiger partial charge in [-0.2, -0.15) is 4.98 Å². The lowest BCUT2D eigenvalue weighted by atomic mass is 10.2. The molecule has 2 amide bonds. The Bertz CT molecular complexity index is 836. The predicted octanol–water partition coefficient (Wildman–Crippen LogP) is 2.64. The van der Waals surface area contributed by atoms with Gasteiger partial charge in [0.25, 0.3) is 5.91 Å². The van der Waals surface area contributed by atoms with E-state index in [9.17, 15) is 14.0 Å². The molecule has 1 aliphatic rings. The fourth-order valence-electron chi connectivity index (χ4n) is 3.15. The molecule has 0 N–H and O–H groups in total. The van der Waals surface area contributed by atoms with Crippen LogP contribution in [0.5, 0.6) is 0 Å². The summed E-state index contributed by atoms with van der Waals surface area (Å²) in [5.74, 6) is 0.411. The summed E-state index contributed by atoms with van der Waals surface area (Å²) in [4.78, 5) is 32.8. The number of carbonyl (C=O) groups is 2. The van der Waals surface area contributed by atoms with Crippen LogP contribution in [-0.4, -0.2) is 57.9 Å². The molecule has 3 rings (SSSR count). The molecule has 0 atom stereocenters. The number of hydrogen-bond acceptors (Lipinski definition) is 5. The van der Waals surface area contributed by atoms with Crippen molar-refractivity contribution in [1.82, 2.24) is 19.9 Å². The fraction of sp³-hybridized carbons (Fsp3) is 0.500. The molecule has 0 spiro atoms. The molecule has 0 bridgehead atoms. The average Bonchev–Trinajstić information content (AvgIpc) is 3.03. The van der Waals surface area contributed by atoms with E-state index < -0.39 is 5.82 Å². The van der Waals surface area contributed by atoms with E-state index >= 15 is 0 Å². The van der Waals surface area contributed by atoms with Crippen LogP contribution in [-0.2, 0) is 11.2 Å². The van der Waals surface area contributed by atoms with Crippen molar-refractivity contribution >= 4 is 11.8 Å². The van der Waals surface area contributed by atoms with Crippen LogP contribution in [0.25, 0.3) is 0 Å². The van der Waals surface area contributed by atoms with Crippen molar-refractivity contribution in [1.29, 1.82) is 0 Å². The van der Waals surface area contributed by atoms with E-state index in [1.807, 2.05) is 13.8 Å². The summed E-state index contributed by atoms with van der Waals surface area (Å²) in [6, 6.07) is 5.97. The number of benzene rings is 1. The first-order valence-electron chi connectivity index (χ1n) is 9.59. The summed E-state index contributed by atoms with van der Waals surface area (Å²) >= 11 is 0. The Morgan fingerprint density at radius 2 is 1.86 bits per heavy atom. The number of aromatic nitrogens is 2. The molecule has 1 saturated heterocycles. The third-order valence-corrected chi connectivity index (χ3v) is 4.79. The Hall–Kier alpha value is -2.77. The minimum atomic E-state index is -0.523. The molecular weight excluding hydrogens is 363 g/mol. The maximum atomic E-state index is 13.9. The molecule has 1 aliphatic heterocycles. The molecule has 0 aliphatic carbocycles. The molecule has 1 aromatic carbocycles. The number of hydrogen-bond donors (Lipinski definition) is 0. The first-order chi connectivity index (χ1) is 13.5. The molecule has 1 fully saturated rings. The molecule has 0 unspecified atom stereocenters. The SMILES string of the molecule is CC(C)c1noc(CCC(=O)N2CCCN(C(=O)c3ccccc3F)CC2)n1. The Balaban J connectivity index is 1.53. The highest BCUT2D eigenvalue weighted by Crippen LogP contribution is 2.14. The lowest BCUT2D eigenvalue weighted by Gasteiger charge is -2.22. The molecule has 7 nitrogen and oxygen atoms in total. The van der Waals surface area contributed by atoms with Crippen molar-refractivity contribution in [3.8, 4) is 0 Å². The van der Waals surface area contributed by atoms with Crippen molar-refractivity contribution < 1.29 is 18.5 Å². The smallest absolute Gasteiger partial charge is 0.256 e. The predicted molar refractivity (Wildman–Crippen MR) is 100 cm³/mol. The van der Waals surface area contributed by atoms with Crippen LogP contribution in [0.3, 0.4) is 0 Å². The second-order valence-corrected chi connectivity index (χ2v) is 7.21. The van der Waals surface area contributed by atoms with E-state index in [1.165, 1.54) is 12.1 Å². The van der Waals surface area contributed by atoms with Crippen molar-refractivity contribution in [3.05, 3.63) is 47.4 Å². The molecular formula is C20H25FN4O3. The second kappa shape index (κ2) is 8.95. The van der Waals surface area contributed by atoms with Crippen molar-refractivity contribution in [2.45, 2.75) is 39.0 Å². The summed E-state index contributed by atoms with van der Waals surface area (Å²) in [6.45, 7) is 5.84. The number of rotatable bonds is 5. The van der Waals surface area contributed by atoms with E-state index in [2.05, 4.69) is 10.1 Å². The summed E-state index contributed by atoms with van der Waals surface area (Å²) in [5, 5.41) is 3.90. The normalized spacial score (nSPS) is 15.0. The molecule has 1 aromatic heterocycles. The third kappa shape index (κ3) is 4.74. The lowest BCUT2D eigenvalue weighted by Crippen LogP contribution is -2.37. The third-order valence-electron chi connectivity index (χ3n) is 4.79. The minimum Gasteiger partial charge on any atom is -0.341 e. The van der Waals surface area contributed by atoms with E-state index in [-0.39, 0.29) is 29.7 Å². The maximum absolute atomic E-state index is 13.9. The van der Waals surface area contributed by atoms with E-state index in [0.29, 0.717) is 50.7 Å². The van der Waals surface area contributed by atoms with E-state index in [0.717, 1.165) is 0 Å². The highest BCUT2D eigenvalue weighted by Gasteiger charge is 2.24. The topological polar surface area (TPSA) is 79.5 Å². The molecule has 0 radical (unpaired) electrons. The largest absolute Gasteiger partial charge is 0.341 e. The maximum Gasteiger partial charge on any atom is 0.256 e. The van der Waals surface area contributed by atoms with Gasteiger partial charge in [0.1, 0.15) is 5.82 Å². The summed E-state index contributed by atoms with van der Waals surface area (Å²) in [7, 11) is 0. The van der Waals surface area contributed by atoms with Crippen molar-refractivity contribution in [2.24, 2.45) is 0 Å². The molecule has 2 aromatic rings. The Kier molecular flexibility index (Phi) is 6.38. The molecule has 0 saturated carbocycles. The molecule has 28 heavy (non-hydrogen) atoms. The quantitative estimate of drug-likeness (QED) is 0.787. The minimum absolute atomic E-state index is 0.00973. The van der Waals surface area contributed by atoms with Gasteiger partial charge in [0.15, 0.2) is 5.82 Å². The van der Waals surface area contributed by atoms with Crippen LogP contribution in [0.2, 0.25) is 0 Å². The van der Waals surface area contributed by atoms with Gasteiger partial charge in [-0.25, -0.2) is 4.39 Å². The van der Waals surface area contributed by atoms with Gasteiger partial charge in [0, 0.05) is 44.9 Å². The van der Waals surface area contributed by atoms with E-state index in [4.69, 9.17) is 4.52 Å². The van der Waals surface area contributed by atoms with Crippen LogP contribution in [0.15, 0.2) is 28.8 Å².